The van der Waals surface area contributed by atoms with Crippen LogP contribution in [0.2, 0.25) is 0 Å². The molecule has 4 nitrogen and oxygen atoms in total. The monoisotopic (exact) mass is 463 g/mol. The lowest BCUT2D eigenvalue weighted by Gasteiger charge is -2.35. The molecular formula is C28H37N3OS. The normalized spacial score (nSPS) is 15.8. The van der Waals surface area contributed by atoms with Crippen molar-refractivity contribution in [3.8, 4) is 17.0 Å². The van der Waals surface area contributed by atoms with E-state index in [1.54, 1.807) is 11.3 Å². The van der Waals surface area contributed by atoms with Crippen LogP contribution in [0.1, 0.15) is 57.7 Å². The van der Waals surface area contributed by atoms with Crippen molar-refractivity contribution in [2.45, 2.75) is 58.9 Å². The summed E-state index contributed by atoms with van der Waals surface area (Å²) in [5.41, 5.74) is 5.10. The van der Waals surface area contributed by atoms with E-state index >= 15 is 0 Å². The third-order valence-electron chi connectivity index (χ3n) is 6.43. The van der Waals surface area contributed by atoms with Crippen LogP contribution in [-0.2, 0) is 17.4 Å². The maximum atomic E-state index is 11.0. The zero-order chi connectivity index (χ0) is 23.8. The van der Waals surface area contributed by atoms with E-state index < -0.39 is 0 Å². The summed E-state index contributed by atoms with van der Waals surface area (Å²) in [6.45, 7) is 18.0. The molecule has 2 aromatic carbocycles. The van der Waals surface area contributed by atoms with E-state index in [1.165, 1.54) is 5.69 Å². The van der Waals surface area contributed by atoms with E-state index in [9.17, 15) is 5.11 Å². The van der Waals surface area contributed by atoms with Crippen molar-refractivity contribution in [1.29, 1.82) is 0 Å². The Balaban J connectivity index is 1.51. The van der Waals surface area contributed by atoms with Crippen molar-refractivity contribution in [3.63, 3.8) is 0 Å². The fraction of sp³-hybridized carbons (Fsp3) is 0.464. The smallest absolute Gasteiger partial charge is 0.123 e. The van der Waals surface area contributed by atoms with Crippen LogP contribution in [0.4, 0.5) is 5.69 Å². The van der Waals surface area contributed by atoms with Crippen LogP contribution in [0.5, 0.6) is 5.75 Å². The molecule has 5 heteroatoms. The molecule has 0 radical (unpaired) electrons. The summed E-state index contributed by atoms with van der Waals surface area (Å²) in [5, 5.41) is 14.3. The Hall–Kier alpha value is -2.37. The van der Waals surface area contributed by atoms with Crippen molar-refractivity contribution in [1.82, 2.24) is 9.88 Å². The van der Waals surface area contributed by atoms with Gasteiger partial charge in [-0.2, -0.15) is 0 Å². The predicted octanol–water partition coefficient (Wildman–Crippen LogP) is 6.43. The molecule has 1 aromatic heterocycles. The molecular weight excluding hydrogens is 426 g/mol. The molecule has 0 amide bonds. The van der Waals surface area contributed by atoms with Crippen LogP contribution in [0.25, 0.3) is 11.3 Å². The molecule has 1 fully saturated rings. The standard InChI is InChI=1S/C28H37N3OS/c1-27(2,3)22-16-20(17-23(26(22)32)28(4,5)6)24-19-33-25(29-24)18-30-12-14-31(15-13-30)21-10-8-7-9-11-21/h7-11,16-17,19,32H,12-15,18H2,1-6H3. The number of anilines is 1. The highest BCUT2D eigenvalue weighted by Gasteiger charge is 2.27. The van der Waals surface area contributed by atoms with Gasteiger partial charge in [0.2, 0.25) is 0 Å². The predicted molar refractivity (Wildman–Crippen MR) is 141 cm³/mol. The maximum absolute atomic E-state index is 11.0. The number of phenolic OH excluding ortho intramolecular Hbond substituents is 1. The molecule has 33 heavy (non-hydrogen) atoms. The van der Waals surface area contributed by atoms with Gasteiger partial charge in [-0.1, -0.05) is 59.7 Å². The summed E-state index contributed by atoms with van der Waals surface area (Å²) in [4.78, 5) is 9.97. The van der Waals surface area contributed by atoms with Crippen LogP contribution in [0.3, 0.4) is 0 Å². The molecule has 1 aliphatic rings. The Morgan fingerprint density at radius 2 is 1.45 bits per heavy atom. The van der Waals surface area contributed by atoms with Crippen molar-refractivity contribution in [2.75, 3.05) is 31.1 Å². The average Bonchev–Trinajstić information content (AvgIpc) is 3.22. The molecule has 0 bridgehead atoms. The largest absolute Gasteiger partial charge is 0.507 e. The van der Waals surface area contributed by atoms with Crippen molar-refractivity contribution in [2.24, 2.45) is 0 Å². The second-order valence-corrected chi connectivity index (χ2v) is 12.1. The first-order valence-electron chi connectivity index (χ1n) is 11.9. The van der Waals surface area contributed by atoms with Crippen LogP contribution in [0.15, 0.2) is 47.8 Å². The molecule has 4 rings (SSSR count). The van der Waals surface area contributed by atoms with Gasteiger partial charge >= 0.3 is 0 Å². The minimum Gasteiger partial charge on any atom is -0.507 e. The Bertz CT molecular complexity index is 1050. The lowest BCUT2D eigenvalue weighted by molar-refractivity contribution is 0.249. The molecule has 0 spiro atoms. The maximum Gasteiger partial charge on any atom is 0.123 e. The zero-order valence-corrected chi connectivity index (χ0v) is 21.7. The van der Waals surface area contributed by atoms with Crippen LogP contribution < -0.4 is 4.90 Å². The fourth-order valence-electron chi connectivity index (χ4n) is 4.44. The third-order valence-corrected chi connectivity index (χ3v) is 7.26. The lowest BCUT2D eigenvalue weighted by Crippen LogP contribution is -2.45. The molecule has 1 saturated heterocycles. The number of aromatic nitrogens is 1. The van der Waals surface area contributed by atoms with Gasteiger partial charge in [-0.05, 0) is 35.1 Å². The molecule has 176 valence electrons. The van der Waals surface area contributed by atoms with E-state index in [0.29, 0.717) is 5.75 Å². The van der Waals surface area contributed by atoms with Gasteiger partial charge in [-0.25, -0.2) is 4.98 Å². The fourth-order valence-corrected chi connectivity index (χ4v) is 5.28. The van der Waals surface area contributed by atoms with E-state index in [2.05, 4.69) is 99.2 Å². The minimum absolute atomic E-state index is 0.141. The van der Waals surface area contributed by atoms with Gasteiger partial charge in [0, 0.05) is 53.9 Å². The third kappa shape index (κ3) is 5.42. The minimum atomic E-state index is -0.141. The molecule has 1 aliphatic heterocycles. The molecule has 3 aromatic rings. The van der Waals surface area contributed by atoms with Crippen LogP contribution in [0, 0.1) is 0 Å². The Labute approximate surface area is 202 Å². The molecule has 0 aliphatic carbocycles. The van der Waals surface area contributed by atoms with Gasteiger partial charge in [0.05, 0.1) is 12.2 Å². The number of thiazole rings is 1. The second kappa shape index (κ2) is 9.11. The van der Waals surface area contributed by atoms with E-state index in [0.717, 1.165) is 60.1 Å². The summed E-state index contributed by atoms with van der Waals surface area (Å²) in [5.74, 6) is 0.422. The van der Waals surface area contributed by atoms with Crippen molar-refractivity contribution >= 4 is 17.0 Å². The number of para-hydroxylation sites is 1. The first kappa shape index (κ1) is 23.8. The highest BCUT2D eigenvalue weighted by atomic mass is 32.1. The van der Waals surface area contributed by atoms with Crippen molar-refractivity contribution < 1.29 is 5.11 Å². The Kier molecular flexibility index (Phi) is 6.56. The van der Waals surface area contributed by atoms with Crippen LogP contribution in [-0.4, -0.2) is 41.2 Å². The summed E-state index contributed by atoms with van der Waals surface area (Å²) >= 11 is 1.74. The number of hydrogen-bond donors (Lipinski definition) is 1. The van der Waals surface area contributed by atoms with Gasteiger partial charge in [-0.3, -0.25) is 4.90 Å². The molecule has 2 heterocycles. The van der Waals surface area contributed by atoms with E-state index in [4.69, 9.17) is 4.98 Å². The number of piperazine rings is 1. The summed E-state index contributed by atoms with van der Waals surface area (Å²) in [6.07, 6.45) is 0. The van der Waals surface area contributed by atoms with E-state index in [-0.39, 0.29) is 10.8 Å². The van der Waals surface area contributed by atoms with Gasteiger partial charge in [0.1, 0.15) is 10.8 Å². The quantitative estimate of drug-likeness (QED) is 0.484. The van der Waals surface area contributed by atoms with Gasteiger partial charge < -0.3 is 10.0 Å². The average molecular weight is 464 g/mol. The van der Waals surface area contributed by atoms with Gasteiger partial charge in [0.15, 0.2) is 0 Å². The number of nitrogens with zero attached hydrogens (tertiary/aromatic N) is 3. The zero-order valence-electron chi connectivity index (χ0n) is 20.9. The topological polar surface area (TPSA) is 39.6 Å². The number of aromatic hydroxyl groups is 1. The first-order valence-corrected chi connectivity index (χ1v) is 12.8. The highest BCUT2D eigenvalue weighted by Crippen LogP contribution is 2.42. The number of benzene rings is 2. The number of phenols is 1. The second-order valence-electron chi connectivity index (χ2n) is 11.1. The summed E-state index contributed by atoms with van der Waals surface area (Å²) < 4.78 is 0. The van der Waals surface area contributed by atoms with Gasteiger partial charge in [-0.15, -0.1) is 11.3 Å². The summed E-state index contributed by atoms with van der Waals surface area (Å²) in [6, 6.07) is 14.9. The van der Waals surface area contributed by atoms with Gasteiger partial charge in [0.25, 0.3) is 0 Å². The number of hydrogen-bond acceptors (Lipinski definition) is 5. The highest BCUT2D eigenvalue weighted by molar-refractivity contribution is 7.09. The van der Waals surface area contributed by atoms with Crippen molar-refractivity contribution in [3.05, 3.63) is 64.0 Å². The first-order chi connectivity index (χ1) is 15.5. The van der Waals surface area contributed by atoms with E-state index in [1.807, 2.05) is 0 Å². The molecule has 0 saturated carbocycles. The SMILES string of the molecule is CC(C)(C)c1cc(-c2csc(CN3CCN(c4ccccc4)CC3)n2)cc(C(C)(C)C)c1O. The Morgan fingerprint density at radius 3 is 2.00 bits per heavy atom. The molecule has 1 N–H and O–H groups in total. The number of rotatable bonds is 4. The lowest BCUT2D eigenvalue weighted by atomic mass is 9.78. The van der Waals surface area contributed by atoms with Crippen LogP contribution >= 0.6 is 11.3 Å². The summed E-state index contributed by atoms with van der Waals surface area (Å²) in [7, 11) is 0. The Morgan fingerprint density at radius 1 is 0.879 bits per heavy atom. The molecule has 0 unspecified atom stereocenters. The molecule has 0 atom stereocenters.